The van der Waals surface area contributed by atoms with Crippen molar-refractivity contribution in [1.82, 2.24) is 29.3 Å². The Labute approximate surface area is 193 Å². The fourth-order valence-corrected chi connectivity index (χ4v) is 4.14. The molecule has 0 fully saturated rings. The topological polar surface area (TPSA) is 70.7 Å². The van der Waals surface area contributed by atoms with Crippen molar-refractivity contribution in [2.45, 2.75) is 32.2 Å². The van der Waals surface area contributed by atoms with Crippen LogP contribution in [0.1, 0.15) is 47.4 Å². The van der Waals surface area contributed by atoms with Gasteiger partial charge in [0.1, 0.15) is 11.5 Å². The number of pyridine rings is 1. The highest BCUT2D eigenvalue weighted by Gasteiger charge is 2.29. The zero-order valence-electron chi connectivity index (χ0n) is 18.5. The van der Waals surface area contributed by atoms with Gasteiger partial charge in [-0.15, -0.1) is 0 Å². The zero-order chi connectivity index (χ0) is 23.8. The van der Waals surface area contributed by atoms with E-state index in [9.17, 15) is 13.2 Å². The maximum atomic E-state index is 14.4. The van der Waals surface area contributed by atoms with E-state index >= 15 is 0 Å². The van der Waals surface area contributed by atoms with Crippen molar-refractivity contribution in [3.63, 3.8) is 0 Å². The van der Waals surface area contributed by atoms with Crippen molar-refractivity contribution in [3.8, 4) is 11.6 Å². The molecule has 10 heteroatoms. The molecule has 0 saturated carbocycles. The molecule has 3 aromatic heterocycles. The van der Waals surface area contributed by atoms with Crippen molar-refractivity contribution in [3.05, 3.63) is 82.8 Å². The lowest BCUT2D eigenvalue weighted by Gasteiger charge is -2.22. The third-order valence-corrected chi connectivity index (χ3v) is 5.78. The first-order valence-electron chi connectivity index (χ1n) is 10.8. The number of hydrogen-bond donors (Lipinski definition) is 0. The van der Waals surface area contributed by atoms with Gasteiger partial charge in [0.2, 0.25) is 5.88 Å². The highest BCUT2D eigenvalue weighted by atomic mass is 19.2. The van der Waals surface area contributed by atoms with Crippen LogP contribution < -0.4 is 4.74 Å². The number of aryl methyl sites for hydroxylation is 2. The molecule has 0 unspecified atom stereocenters. The van der Waals surface area contributed by atoms with Crippen LogP contribution in [0, 0.1) is 24.4 Å². The van der Waals surface area contributed by atoms with E-state index in [1.54, 1.807) is 30.3 Å². The SMILES string of the molecule is COc1nc(/C=C/c2nc3n(n2)CCC[C@@H]3c2ccc(F)c(F)c2F)ccc1-n1cnc(C)c1. The summed E-state index contributed by atoms with van der Waals surface area (Å²) in [5, 5.41) is 4.48. The second kappa shape index (κ2) is 8.77. The second-order valence-electron chi connectivity index (χ2n) is 8.03. The number of fused-ring (bicyclic) bond motifs is 1. The Hall–Kier alpha value is -3.95. The van der Waals surface area contributed by atoms with Gasteiger partial charge in [0.15, 0.2) is 23.3 Å². The number of halogens is 3. The van der Waals surface area contributed by atoms with Gasteiger partial charge in [-0.05, 0) is 50.1 Å². The molecule has 1 aliphatic heterocycles. The average Bonchev–Trinajstić information content (AvgIpc) is 3.47. The Morgan fingerprint density at radius 2 is 1.91 bits per heavy atom. The largest absolute Gasteiger partial charge is 0.479 e. The molecule has 0 spiro atoms. The number of rotatable bonds is 5. The number of imidazole rings is 1. The van der Waals surface area contributed by atoms with E-state index in [2.05, 4.69) is 20.1 Å². The Kier molecular flexibility index (Phi) is 5.64. The predicted octanol–water partition coefficient (Wildman–Crippen LogP) is 4.69. The Balaban J connectivity index is 1.43. The summed E-state index contributed by atoms with van der Waals surface area (Å²) < 4.78 is 50.6. The van der Waals surface area contributed by atoms with Gasteiger partial charge >= 0.3 is 0 Å². The van der Waals surface area contributed by atoms with E-state index in [0.29, 0.717) is 36.2 Å². The van der Waals surface area contributed by atoms with Crippen LogP contribution in [0.4, 0.5) is 13.2 Å². The van der Waals surface area contributed by atoms with Crippen molar-refractivity contribution in [1.29, 1.82) is 0 Å². The monoisotopic (exact) mass is 466 g/mol. The quantitative estimate of drug-likeness (QED) is 0.399. The lowest BCUT2D eigenvalue weighted by Crippen LogP contribution is -2.19. The molecule has 1 atom stereocenters. The molecule has 1 aliphatic rings. The van der Waals surface area contributed by atoms with Gasteiger partial charge in [-0.25, -0.2) is 32.8 Å². The fourth-order valence-electron chi connectivity index (χ4n) is 4.14. The minimum absolute atomic E-state index is 0.0829. The van der Waals surface area contributed by atoms with Crippen molar-refractivity contribution >= 4 is 12.2 Å². The molecule has 0 radical (unpaired) electrons. The van der Waals surface area contributed by atoms with Crippen LogP contribution in [-0.4, -0.2) is 36.4 Å². The van der Waals surface area contributed by atoms with E-state index < -0.39 is 23.4 Å². The smallest absolute Gasteiger partial charge is 0.238 e. The molecule has 34 heavy (non-hydrogen) atoms. The van der Waals surface area contributed by atoms with Gasteiger partial charge in [-0.1, -0.05) is 6.07 Å². The summed E-state index contributed by atoms with van der Waals surface area (Å²) in [5.74, 6) is -2.99. The summed E-state index contributed by atoms with van der Waals surface area (Å²) in [6.45, 7) is 2.51. The number of nitrogens with zero attached hydrogens (tertiary/aromatic N) is 6. The highest BCUT2D eigenvalue weighted by molar-refractivity contribution is 5.65. The third-order valence-electron chi connectivity index (χ3n) is 5.78. The summed E-state index contributed by atoms with van der Waals surface area (Å²) in [6, 6.07) is 5.93. The van der Waals surface area contributed by atoms with Crippen LogP contribution in [-0.2, 0) is 6.54 Å². The molecule has 4 heterocycles. The van der Waals surface area contributed by atoms with Gasteiger partial charge in [0, 0.05) is 24.2 Å². The molecule has 174 valence electrons. The average molecular weight is 466 g/mol. The highest BCUT2D eigenvalue weighted by Crippen LogP contribution is 2.34. The first-order valence-corrected chi connectivity index (χ1v) is 10.8. The minimum Gasteiger partial charge on any atom is -0.479 e. The standard InChI is InChI=1S/C24H21F3N6O/c1-14-12-32(13-28-14)19-9-5-15(29-24(19)34-2)6-10-20-30-23-17(4-3-11-33(23)31-20)16-7-8-18(25)22(27)21(16)26/h5-10,12-13,17H,3-4,11H2,1-2H3/b10-6+/t17-/m1/s1. The van der Waals surface area contributed by atoms with Crippen LogP contribution in [0.5, 0.6) is 5.88 Å². The first-order chi connectivity index (χ1) is 16.4. The van der Waals surface area contributed by atoms with Crippen molar-refractivity contribution in [2.75, 3.05) is 7.11 Å². The predicted molar refractivity (Wildman–Crippen MR) is 119 cm³/mol. The summed E-state index contributed by atoms with van der Waals surface area (Å²) in [7, 11) is 1.55. The van der Waals surface area contributed by atoms with Crippen LogP contribution >= 0.6 is 0 Å². The molecule has 0 amide bonds. The van der Waals surface area contributed by atoms with Gasteiger partial charge in [0.05, 0.1) is 24.8 Å². The number of aromatic nitrogens is 6. The fraction of sp³-hybridized carbons (Fsp3) is 0.250. The number of ether oxygens (including phenoxy) is 1. The minimum atomic E-state index is -1.47. The normalized spacial score (nSPS) is 15.6. The summed E-state index contributed by atoms with van der Waals surface area (Å²) >= 11 is 0. The van der Waals surface area contributed by atoms with E-state index in [0.717, 1.165) is 23.9 Å². The molecule has 7 nitrogen and oxygen atoms in total. The lowest BCUT2D eigenvalue weighted by atomic mass is 9.90. The molecular weight excluding hydrogens is 445 g/mol. The molecule has 0 saturated heterocycles. The summed E-state index contributed by atoms with van der Waals surface area (Å²) in [6.07, 6.45) is 8.30. The maximum absolute atomic E-state index is 14.4. The van der Waals surface area contributed by atoms with Crippen LogP contribution in [0.2, 0.25) is 0 Å². The van der Waals surface area contributed by atoms with Crippen molar-refractivity contribution < 1.29 is 17.9 Å². The van der Waals surface area contributed by atoms with E-state index in [1.807, 2.05) is 29.8 Å². The molecule has 0 aliphatic carbocycles. The van der Waals surface area contributed by atoms with E-state index in [-0.39, 0.29) is 5.56 Å². The number of methoxy groups -OCH3 is 1. The van der Waals surface area contributed by atoms with Gasteiger partial charge in [-0.3, -0.25) is 0 Å². The van der Waals surface area contributed by atoms with E-state index in [4.69, 9.17) is 4.74 Å². The second-order valence-corrected chi connectivity index (χ2v) is 8.03. The van der Waals surface area contributed by atoms with Crippen LogP contribution in [0.3, 0.4) is 0 Å². The molecule has 0 N–H and O–H groups in total. The zero-order valence-corrected chi connectivity index (χ0v) is 18.5. The molecule has 5 rings (SSSR count). The van der Waals surface area contributed by atoms with Crippen molar-refractivity contribution in [2.24, 2.45) is 0 Å². The van der Waals surface area contributed by atoms with Crippen LogP contribution in [0.15, 0.2) is 36.8 Å². The number of benzene rings is 1. The summed E-state index contributed by atoms with van der Waals surface area (Å²) in [5.41, 5.74) is 2.35. The summed E-state index contributed by atoms with van der Waals surface area (Å²) in [4.78, 5) is 13.3. The number of hydrogen-bond acceptors (Lipinski definition) is 5. The Morgan fingerprint density at radius 1 is 1.06 bits per heavy atom. The maximum Gasteiger partial charge on any atom is 0.238 e. The molecule has 1 aromatic carbocycles. The lowest BCUT2D eigenvalue weighted by molar-refractivity contribution is 0.395. The van der Waals surface area contributed by atoms with Gasteiger partial charge in [-0.2, -0.15) is 5.10 Å². The van der Waals surface area contributed by atoms with E-state index in [1.165, 1.54) is 6.07 Å². The molecular formula is C24H21F3N6O. The molecule has 4 aromatic rings. The molecule has 0 bridgehead atoms. The Morgan fingerprint density at radius 3 is 2.68 bits per heavy atom. The van der Waals surface area contributed by atoms with Gasteiger partial charge < -0.3 is 9.30 Å². The van der Waals surface area contributed by atoms with Crippen LogP contribution in [0.25, 0.3) is 17.8 Å². The third kappa shape index (κ3) is 3.95. The Bertz CT molecular complexity index is 1390. The first kappa shape index (κ1) is 21.9. The van der Waals surface area contributed by atoms with Gasteiger partial charge in [0.25, 0.3) is 0 Å².